The monoisotopic (exact) mass is 261 g/mol. The molecule has 104 valence electrons. The highest BCUT2D eigenvalue weighted by molar-refractivity contribution is 5.14. The molecule has 0 amide bonds. The van der Waals surface area contributed by atoms with Gasteiger partial charge in [0.2, 0.25) is 0 Å². The molecule has 2 heterocycles. The first kappa shape index (κ1) is 13.1. The van der Waals surface area contributed by atoms with Crippen molar-refractivity contribution in [3.8, 4) is 0 Å². The first-order valence-electron chi connectivity index (χ1n) is 7.32. The number of hydrogen-bond donors (Lipinski definition) is 0. The number of nitrogens with zero attached hydrogens (tertiary/aromatic N) is 1. The number of rotatable bonds is 2. The van der Waals surface area contributed by atoms with Gasteiger partial charge in [0.25, 0.3) is 0 Å². The molecule has 0 saturated carbocycles. The standard InChI is InChI=1S/C16H23NO2/c1-14-18-12-9-16(19-14)7-10-17(11-8-16)13-15-5-3-2-4-6-15/h2-6,14H,7-13H2,1H3. The lowest BCUT2D eigenvalue weighted by Crippen LogP contribution is -2.50. The Morgan fingerprint density at radius 2 is 1.89 bits per heavy atom. The van der Waals surface area contributed by atoms with Crippen molar-refractivity contribution in [3.63, 3.8) is 0 Å². The second-order valence-electron chi connectivity index (χ2n) is 5.75. The van der Waals surface area contributed by atoms with Crippen LogP contribution in [0.2, 0.25) is 0 Å². The zero-order valence-corrected chi connectivity index (χ0v) is 11.7. The van der Waals surface area contributed by atoms with Gasteiger partial charge in [-0.15, -0.1) is 0 Å². The Balaban J connectivity index is 1.54. The normalized spacial score (nSPS) is 27.5. The molecule has 3 rings (SSSR count). The average Bonchev–Trinajstić information content (AvgIpc) is 2.43. The fraction of sp³-hybridized carbons (Fsp3) is 0.625. The van der Waals surface area contributed by atoms with Crippen LogP contribution in [0.3, 0.4) is 0 Å². The van der Waals surface area contributed by atoms with E-state index < -0.39 is 0 Å². The Morgan fingerprint density at radius 3 is 2.58 bits per heavy atom. The van der Waals surface area contributed by atoms with E-state index in [1.165, 1.54) is 5.56 Å². The third-order valence-electron chi connectivity index (χ3n) is 4.34. The highest BCUT2D eigenvalue weighted by Gasteiger charge is 2.39. The minimum atomic E-state index is -0.0329. The van der Waals surface area contributed by atoms with Crippen LogP contribution in [0.4, 0.5) is 0 Å². The van der Waals surface area contributed by atoms with Gasteiger partial charge in [-0.3, -0.25) is 4.90 Å². The summed E-state index contributed by atoms with van der Waals surface area (Å²) in [5, 5.41) is 0. The highest BCUT2D eigenvalue weighted by atomic mass is 16.7. The van der Waals surface area contributed by atoms with Crippen molar-refractivity contribution in [3.05, 3.63) is 35.9 Å². The topological polar surface area (TPSA) is 21.7 Å². The molecule has 3 nitrogen and oxygen atoms in total. The smallest absolute Gasteiger partial charge is 0.155 e. The maximum absolute atomic E-state index is 6.06. The summed E-state index contributed by atoms with van der Waals surface area (Å²) >= 11 is 0. The van der Waals surface area contributed by atoms with E-state index in [-0.39, 0.29) is 11.9 Å². The van der Waals surface area contributed by atoms with E-state index in [1.807, 2.05) is 6.92 Å². The number of hydrogen-bond acceptors (Lipinski definition) is 3. The zero-order valence-electron chi connectivity index (χ0n) is 11.7. The molecule has 0 radical (unpaired) electrons. The molecule has 0 N–H and O–H groups in total. The fourth-order valence-corrected chi connectivity index (χ4v) is 3.18. The van der Waals surface area contributed by atoms with Gasteiger partial charge in [-0.25, -0.2) is 0 Å². The van der Waals surface area contributed by atoms with E-state index in [1.54, 1.807) is 0 Å². The van der Waals surface area contributed by atoms with Crippen molar-refractivity contribution in [1.29, 1.82) is 0 Å². The summed E-state index contributed by atoms with van der Waals surface area (Å²) in [6, 6.07) is 10.7. The van der Waals surface area contributed by atoms with Crippen LogP contribution >= 0.6 is 0 Å². The fourth-order valence-electron chi connectivity index (χ4n) is 3.18. The second kappa shape index (κ2) is 5.61. The van der Waals surface area contributed by atoms with E-state index >= 15 is 0 Å². The van der Waals surface area contributed by atoms with Gasteiger partial charge in [0.05, 0.1) is 12.2 Å². The molecule has 1 aromatic rings. The van der Waals surface area contributed by atoms with Crippen LogP contribution in [0.5, 0.6) is 0 Å². The number of benzene rings is 1. The van der Waals surface area contributed by atoms with Gasteiger partial charge >= 0.3 is 0 Å². The summed E-state index contributed by atoms with van der Waals surface area (Å²) in [5.74, 6) is 0. The van der Waals surface area contributed by atoms with Crippen LogP contribution < -0.4 is 0 Å². The summed E-state index contributed by atoms with van der Waals surface area (Å²) in [6.07, 6.45) is 3.28. The van der Waals surface area contributed by atoms with E-state index in [9.17, 15) is 0 Å². The van der Waals surface area contributed by atoms with Crippen molar-refractivity contribution < 1.29 is 9.47 Å². The van der Waals surface area contributed by atoms with Gasteiger partial charge in [-0.1, -0.05) is 30.3 Å². The third kappa shape index (κ3) is 3.16. The quantitative estimate of drug-likeness (QED) is 0.817. The van der Waals surface area contributed by atoms with Crippen molar-refractivity contribution >= 4 is 0 Å². The predicted molar refractivity (Wildman–Crippen MR) is 74.8 cm³/mol. The van der Waals surface area contributed by atoms with Crippen LogP contribution in [-0.4, -0.2) is 36.5 Å². The van der Waals surface area contributed by atoms with E-state index in [0.717, 1.165) is 45.5 Å². The van der Waals surface area contributed by atoms with Gasteiger partial charge in [-0.05, 0) is 25.3 Å². The molecule has 19 heavy (non-hydrogen) atoms. The molecule has 2 saturated heterocycles. The Hall–Kier alpha value is -0.900. The van der Waals surface area contributed by atoms with E-state index in [2.05, 4.69) is 35.2 Å². The Labute approximate surface area is 115 Å². The maximum atomic E-state index is 6.06. The van der Waals surface area contributed by atoms with Gasteiger partial charge in [0.1, 0.15) is 0 Å². The summed E-state index contributed by atoms with van der Waals surface area (Å²) in [7, 11) is 0. The molecule has 1 aromatic carbocycles. The molecule has 0 aliphatic carbocycles. The first-order chi connectivity index (χ1) is 9.26. The Kier molecular flexibility index (Phi) is 3.87. The lowest BCUT2D eigenvalue weighted by Gasteiger charge is -2.45. The van der Waals surface area contributed by atoms with Crippen molar-refractivity contribution in [1.82, 2.24) is 4.90 Å². The molecule has 1 unspecified atom stereocenters. The number of ether oxygens (including phenoxy) is 2. The molecule has 0 bridgehead atoms. The number of piperidine rings is 1. The van der Waals surface area contributed by atoms with Gasteiger partial charge in [0.15, 0.2) is 6.29 Å². The Bertz CT molecular complexity index is 398. The van der Waals surface area contributed by atoms with Crippen molar-refractivity contribution in [2.45, 2.75) is 44.6 Å². The van der Waals surface area contributed by atoms with E-state index in [0.29, 0.717) is 0 Å². The largest absolute Gasteiger partial charge is 0.353 e. The molecule has 1 spiro atoms. The molecule has 1 atom stereocenters. The number of likely N-dealkylation sites (tertiary alicyclic amines) is 1. The van der Waals surface area contributed by atoms with E-state index in [4.69, 9.17) is 9.47 Å². The third-order valence-corrected chi connectivity index (χ3v) is 4.34. The summed E-state index contributed by atoms with van der Waals surface area (Å²) in [6.45, 7) is 6.17. The molecule has 2 aliphatic heterocycles. The predicted octanol–water partition coefficient (Wildman–Crippen LogP) is 2.80. The molecular formula is C16H23NO2. The lowest BCUT2D eigenvalue weighted by molar-refractivity contribution is -0.259. The lowest BCUT2D eigenvalue weighted by atomic mass is 9.87. The van der Waals surface area contributed by atoms with Gasteiger partial charge in [-0.2, -0.15) is 0 Å². The summed E-state index contributed by atoms with van der Waals surface area (Å²) in [5.41, 5.74) is 1.49. The average molecular weight is 261 g/mol. The van der Waals surface area contributed by atoms with Crippen LogP contribution in [0.1, 0.15) is 31.7 Å². The molecule has 2 fully saturated rings. The van der Waals surface area contributed by atoms with Crippen LogP contribution in [0.15, 0.2) is 30.3 Å². The summed E-state index contributed by atoms with van der Waals surface area (Å²) < 4.78 is 11.6. The summed E-state index contributed by atoms with van der Waals surface area (Å²) in [4.78, 5) is 2.53. The minimum absolute atomic E-state index is 0.0329. The zero-order chi connectivity index (χ0) is 13.1. The second-order valence-corrected chi connectivity index (χ2v) is 5.75. The van der Waals surface area contributed by atoms with Gasteiger partial charge < -0.3 is 9.47 Å². The minimum Gasteiger partial charge on any atom is -0.353 e. The van der Waals surface area contributed by atoms with Crippen molar-refractivity contribution in [2.75, 3.05) is 19.7 Å². The SMILES string of the molecule is CC1OCCC2(CCN(Cc3ccccc3)CC2)O1. The van der Waals surface area contributed by atoms with Gasteiger partial charge in [0, 0.05) is 26.1 Å². The van der Waals surface area contributed by atoms with Crippen LogP contribution in [0, 0.1) is 0 Å². The first-order valence-corrected chi connectivity index (χ1v) is 7.32. The maximum Gasteiger partial charge on any atom is 0.155 e. The van der Waals surface area contributed by atoms with Crippen LogP contribution in [0.25, 0.3) is 0 Å². The Morgan fingerprint density at radius 1 is 1.16 bits per heavy atom. The van der Waals surface area contributed by atoms with Crippen LogP contribution in [-0.2, 0) is 16.0 Å². The van der Waals surface area contributed by atoms with Crippen molar-refractivity contribution in [2.24, 2.45) is 0 Å². The highest BCUT2D eigenvalue weighted by Crippen LogP contribution is 2.34. The molecule has 0 aromatic heterocycles. The molecule has 3 heteroatoms. The molecular weight excluding hydrogens is 238 g/mol. The molecule has 2 aliphatic rings.